The van der Waals surface area contributed by atoms with E-state index in [-0.39, 0.29) is 112 Å². The van der Waals surface area contributed by atoms with E-state index >= 15 is 0 Å². The SMILES string of the molecule is NS(=O)(=O)c1nnc(NC(=O)CCCc2cn(CCCCCC(=O)NCCOCCOCCNC(=O)CN(CCNCC(=O)O)CCN(CCNCC(=O)O)CC(=O)O)nn2)s1. The number of carboxylic acids is 3. The van der Waals surface area contributed by atoms with Gasteiger partial charge < -0.3 is 51.4 Å². The number of primary sulfonamides is 1. The van der Waals surface area contributed by atoms with Crippen molar-refractivity contribution in [1.82, 2.24) is 56.3 Å². The van der Waals surface area contributed by atoms with Crippen LogP contribution in [0.5, 0.6) is 0 Å². The molecule has 0 spiro atoms. The zero-order valence-electron chi connectivity index (χ0n) is 34.5. The number of unbranched alkanes of at least 4 members (excludes halogenated alkanes) is 2. The molecular formula is C34H59N13O13S2. The molecule has 0 aliphatic heterocycles. The molecule has 0 atom stereocenters. The van der Waals surface area contributed by atoms with Crippen molar-refractivity contribution in [2.45, 2.75) is 55.8 Å². The number of carbonyl (C=O) groups is 6. The maximum absolute atomic E-state index is 12.6. The summed E-state index contributed by atoms with van der Waals surface area (Å²) >= 11 is 0.671. The molecule has 28 heteroatoms. The summed E-state index contributed by atoms with van der Waals surface area (Å²) in [5.41, 5.74) is 0.728. The number of rotatable bonds is 38. The number of nitrogens with two attached hydrogens (primary N) is 1. The van der Waals surface area contributed by atoms with E-state index in [1.54, 1.807) is 14.5 Å². The zero-order valence-corrected chi connectivity index (χ0v) is 36.1. The van der Waals surface area contributed by atoms with Gasteiger partial charge in [0.05, 0.1) is 58.3 Å². The second-order valence-electron chi connectivity index (χ2n) is 13.6. The molecule has 350 valence electrons. The fraction of sp³-hybridized carbons (Fsp3) is 0.706. The topological polar surface area (TPSA) is 365 Å². The van der Waals surface area contributed by atoms with Crippen molar-refractivity contribution in [3.63, 3.8) is 0 Å². The lowest BCUT2D eigenvalue weighted by Crippen LogP contribution is -2.46. The van der Waals surface area contributed by atoms with Crippen molar-refractivity contribution in [3.8, 4) is 0 Å². The average Bonchev–Trinajstić information content (AvgIpc) is 3.87. The van der Waals surface area contributed by atoms with Crippen LogP contribution in [0.1, 0.15) is 44.2 Å². The van der Waals surface area contributed by atoms with E-state index in [0.717, 1.165) is 18.5 Å². The first-order valence-electron chi connectivity index (χ1n) is 19.9. The van der Waals surface area contributed by atoms with E-state index in [2.05, 4.69) is 47.1 Å². The molecular weight excluding hydrogens is 863 g/mol. The van der Waals surface area contributed by atoms with Crippen LogP contribution in [0.25, 0.3) is 0 Å². The molecule has 2 aromatic heterocycles. The summed E-state index contributed by atoms with van der Waals surface area (Å²) in [5.74, 6) is -3.84. The maximum atomic E-state index is 12.6. The van der Waals surface area contributed by atoms with Gasteiger partial charge in [-0.05, 0) is 25.7 Å². The van der Waals surface area contributed by atoms with Gasteiger partial charge in [-0.25, -0.2) is 13.6 Å². The Morgan fingerprint density at radius 1 is 0.694 bits per heavy atom. The highest BCUT2D eigenvalue weighted by molar-refractivity contribution is 7.91. The Bertz CT molecular complexity index is 1780. The number of nitrogens with zero attached hydrogens (tertiary/aromatic N) is 7. The van der Waals surface area contributed by atoms with Crippen LogP contribution in [0, 0.1) is 0 Å². The third-order valence-corrected chi connectivity index (χ3v) is 10.5. The van der Waals surface area contributed by atoms with Gasteiger partial charge in [-0.15, -0.1) is 15.3 Å². The summed E-state index contributed by atoms with van der Waals surface area (Å²) in [6.07, 6.45) is 5.66. The normalized spacial score (nSPS) is 11.5. The van der Waals surface area contributed by atoms with Crippen molar-refractivity contribution < 1.29 is 62.0 Å². The summed E-state index contributed by atoms with van der Waals surface area (Å²) in [7, 11) is -3.98. The van der Waals surface area contributed by atoms with Crippen molar-refractivity contribution in [1.29, 1.82) is 0 Å². The van der Waals surface area contributed by atoms with Gasteiger partial charge in [-0.1, -0.05) is 23.0 Å². The first-order valence-corrected chi connectivity index (χ1v) is 22.2. The molecule has 0 bridgehead atoms. The fourth-order valence-corrected chi connectivity index (χ4v) is 6.71. The number of aryl methyl sites for hydroxylation is 2. The van der Waals surface area contributed by atoms with Gasteiger partial charge in [0.25, 0.3) is 10.0 Å². The highest BCUT2D eigenvalue weighted by atomic mass is 32.2. The van der Waals surface area contributed by atoms with Crippen LogP contribution in [0.3, 0.4) is 0 Å². The van der Waals surface area contributed by atoms with E-state index in [0.29, 0.717) is 69.8 Å². The predicted molar refractivity (Wildman–Crippen MR) is 221 cm³/mol. The van der Waals surface area contributed by atoms with E-state index in [1.165, 1.54) is 0 Å². The summed E-state index contributed by atoms with van der Waals surface area (Å²) in [4.78, 5) is 73.2. The predicted octanol–water partition coefficient (Wildman–Crippen LogP) is -3.40. The minimum absolute atomic E-state index is 0.0224. The fourth-order valence-electron chi connectivity index (χ4n) is 5.36. The lowest BCUT2D eigenvalue weighted by molar-refractivity contribution is -0.139. The van der Waals surface area contributed by atoms with Gasteiger partial charge in [0.1, 0.15) is 0 Å². The summed E-state index contributed by atoms with van der Waals surface area (Å²) in [5, 5.41) is 60.7. The molecule has 26 nitrogen and oxygen atoms in total. The molecule has 0 aliphatic carbocycles. The molecule has 0 saturated carbocycles. The second kappa shape index (κ2) is 31.1. The number of amides is 3. The summed E-state index contributed by atoms with van der Waals surface area (Å²) < 4.78 is 34.9. The van der Waals surface area contributed by atoms with Crippen molar-refractivity contribution >= 4 is 62.1 Å². The van der Waals surface area contributed by atoms with Crippen LogP contribution >= 0.6 is 11.3 Å². The van der Waals surface area contributed by atoms with E-state index in [1.807, 2.05) is 6.20 Å². The Morgan fingerprint density at radius 2 is 1.29 bits per heavy atom. The van der Waals surface area contributed by atoms with Gasteiger partial charge in [0.2, 0.25) is 27.2 Å². The number of carboxylic acid groups (broad SMARTS) is 3. The first-order chi connectivity index (χ1) is 29.6. The van der Waals surface area contributed by atoms with Crippen molar-refractivity contribution in [3.05, 3.63) is 11.9 Å². The van der Waals surface area contributed by atoms with E-state index < -0.39 is 27.9 Å². The lowest BCUT2D eigenvalue weighted by Gasteiger charge is -2.26. The van der Waals surface area contributed by atoms with Gasteiger partial charge in [-0.3, -0.25) is 43.2 Å². The van der Waals surface area contributed by atoms with E-state index in [9.17, 15) is 42.3 Å². The zero-order chi connectivity index (χ0) is 45.6. The van der Waals surface area contributed by atoms with Gasteiger partial charge in [0, 0.05) is 77.9 Å². The van der Waals surface area contributed by atoms with Crippen LogP contribution in [0.4, 0.5) is 5.13 Å². The molecule has 0 saturated heterocycles. The molecule has 0 unspecified atom stereocenters. The van der Waals surface area contributed by atoms with Crippen molar-refractivity contribution in [2.75, 3.05) is 110 Å². The number of ether oxygens (including phenoxy) is 2. The molecule has 0 radical (unpaired) electrons. The maximum Gasteiger partial charge on any atom is 0.317 e. The molecule has 3 amide bonds. The third-order valence-electron chi connectivity index (χ3n) is 8.34. The number of anilines is 1. The molecule has 10 N–H and O–H groups in total. The molecule has 62 heavy (non-hydrogen) atoms. The van der Waals surface area contributed by atoms with Crippen molar-refractivity contribution in [2.24, 2.45) is 5.14 Å². The van der Waals surface area contributed by atoms with Crippen LogP contribution in [0.2, 0.25) is 0 Å². The minimum atomic E-state index is -3.98. The number of aliphatic carboxylic acids is 3. The monoisotopic (exact) mass is 921 g/mol. The average molecular weight is 922 g/mol. The molecule has 0 aliphatic rings. The Hall–Kier alpha value is -4.81. The highest BCUT2D eigenvalue weighted by Crippen LogP contribution is 2.18. The molecule has 0 fully saturated rings. The number of carbonyl (C=O) groups excluding carboxylic acids is 3. The Labute approximate surface area is 362 Å². The quantitative estimate of drug-likeness (QED) is 0.0234. The number of hydrogen-bond donors (Lipinski definition) is 9. The first kappa shape index (κ1) is 53.3. The Balaban J connectivity index is 1.49. The smallest absolute Gasteiger partial charge is 0.317 e. The number of sulfonamides is 1. The molecule has 0 aromatic carbocycles. The number of hydrogen-bond acceptors (Lipinski definition) is 19. The number of aromatic nitrogens is 5. The van der Waals surface area contributed by atoms with Crippen LogP contribution < -0.4 is 31.7 Å². The molecule has 2 aromatic rings. The highest BCUT2D eigenvalue weighted by Gasteiger charge is 2.17. The Kier molecular flexibility index (Phi) is 26.7. The molecule has 2 rings (SSSR count). The standard InChI is InChI=1S/C34H59N13O13S2/c35-62(57,58)34-43-42-33(61-34)40-28(49)7-4-5-26-23-47(44-41-26)12-3-1-2-6-27(48)38-10-17-59-19-20-60-18-11-39-29(50)24-45(13-8-36-21-30(51)52)15-16-46(25-32(55)56)14-9-37-22-31(53)54/h23,36-37H,1-22,24-25H2,(H,38,48)(H,39,50)(H,51,52)(H,53,54)(H,55,56)(H2,35,57,58)(H,40,42,49). The van der Waals surface area contributed by atoms with E-state index in [4.69, 9.17) is 24.8 Å². The summed E-state index contributed by atoms with van der Waals surface area (Å²) in [6, 6.07) is 0. The van der Waals surface area contributed by atoms with Gasteiger partial charge in [0.15, 0.2) is 0 Å². The Morgan fingerprint density at radius 3 is 1.87 bits per heavy atom. The largest absolute Gasteiger partial charge is 0.480 e. The van der Waals surface area contributed by atoms with Crippen LogP contribution in [-0.2, 0) is 61.2 Å². The lowest BCUT2D eigenvalue weighted by atomic mass is 10.2. The second-order valence-corrected chi connectivity index (χ2v) is 16.3. The third kappa shape index (κ3) is 27.2. The number of nitrogens with one attached hydrogen (secondary N) is 5. The van der Waals surface area contributed by atoms with Gasteiger partial charge in [-0.2, -0.15) is 0 Å². The summed E-state index contributed by atoms with van der Waals surface area (Å²) in [6.45, 7) is 3.19. The van der Waals surface area contributed by atoms with Gasteiger partial charge >= 0.3 is 17.9 Å². The van der Waals surface area contributed by atoms with Crippen LogP contribution in [-0.4, -0.2) is 199 Å². The van der Waals surface area contributed by atoms with Crippen LogP contribution in [0.15, 0.2) is 10.5 Å². The molecule has 2 heterocycles. The minimum Gasteiger partial charge on any atom is -0.480 e.